The molecule has 1 fully saturated rings. The number of rotatable bonds is 5. The minimum atomic E-state index is -0.325. The van der Waals surface area contributed by atoms with Crippen molar-refractivity contribution >= 4 is 11.8 Å². The molecule has 7 heteroatoms. The van der Waals surface area contributed by atoms with Crippen molar-refractivity contribution in [3.63, 3.8) is 0 Å². The maximum absolute atomic E-state index is 12.7. The van der Waals surface area contributed by atoms with Crippen LogP contribution in [0.25, 0.3) is 0 Å². The summed E-state index contributed by atoms with van der Waals surface area (Å²) < 4.78 is 5.29. The fraction of sp³-hybridized carbons (Fsp3) is 0.350. The number of piperazine rings is 1. The fourth-order valence-corrected chi connectivity index (χ4v) is 2.99. The summed E-state index contributed by atoms with van der Waals surface area (Å²) in [5, 5.41) is 2.83. The molecule has 1 aromatic carbocycles. The van der Waals surface area contributed by atoms with Crippen LogP contribution in [0.15, 0.2) is 42.6 Å². The largest absolute Gasteiger partial charge is 0.496 e. The summed E-state index contributed by atoms with van der Waals surface area (Å²) in [6.45, 7) is 3.40. The van der Waals surface area contributed by atoms with Gasteiger partial charge in [-0.15, -0.1) is 0 Å². The molecule has 3 rings (SSSR count). The normalized spacial score (nSPS) is 14.7. The molecule has 2 heterocycles. The van der Waals surface area contributed by atoms with Crippen LogP contribution in [0.5, 0.6) is 5.75 Å². The van der Waals surface area contributed by atoms with Crippen molar-refractivity contribution < 1.29 is 14.3 Å². The third kappa shape index (κ3) is 4.62. The van der Waals surface area contributed by atoms with Crippen LogP contribution >= 0.6 is 0 Å². The van der Waals surface area contributed by atoms with Gasteiger partial charge in [0.15, 0.2) is 0 Å². The van der Waals surface area contributed by atoms with E-state index in [-0.39, 0.29) is 17.5 Å². The van der Waals surface area contributed by atoms with Crippen LogP contribution in [0.1, 0.15) is 26.4 Å². The number of methoxy groups -OCH3 is 1. The first-order chi connectivity index (χ1) is 13.1. The number of amides is 2. The van der Waals surface area contributed by atoms with Gasteiger partial charge in [0.25, 0.3) is 11.8 Å². The first-order valence-corrected chi connectivity index (χ1v) is 8.92. The van der Waals surface area contributed by atoms with Crippen LogP contribution in [0.4, 0.5) is 0 Å². The zero-order valence-electron chi connectivity index (χ0n) is 15.6. The Morgan fingerprint density at radius 2 is 1.89 bits per heavy atom. The lowest BCUT2D eigenvalue weighted by molar-refractivity contribution is 0.0664. The number of benzene rings is 1. The van der Waals surface area contributed by atoms with Crippen LogP contribution in [-0.2, 0) is 6.54 Å². The van der Waals surface area contributed by atoms with E-state index in [1.165, 1.54) is 6.20 Å². The molecule has 0 aliphatic carbocycles. The smallest absolute Gasteiger partial charge is 0.270 e. The molecule has 0 unspecified atom stereocenters. The quantitative estimate of drug-likeness (QED) is 0.864. The van der Waals surface area contributed by atoms with Crippen LogP contribution in [0, 0.1) is 0 Å². The zero-order chi connectivity index (χ0) is 19.2. The van der Waals surface area contributed by atoms with E-state index in [1.54, 1.807) is 19.2 Å². The van der Waals surface area contributed by atoms with Crippen LogP contribution in [0.2, 0.25) is 0 Å². The second-order valence-electron chi connectivity index (χ2n) is 6.52. The highest BCUT2D eigenvalue weighted by molar-refractivity contribution is 5.98. The number of para-hydroxylation sites is 1. The predicted molar refractivity (Wildman–Crippen MR) is 102 cm³/mol. The molecule has 1 N–H and O–H groups in total. The van der Waals surface area contributed by atoms with E-state index >= 15 is 0 Å². The summed E-state index contributed by atoms with van der Waals surface area (Å²) in [6, 6.07) is 10.7. The fourth-order valence-electron chi connectivity index (χ4n) is 2.99. The molecule has 2 aromatic rings. The average Bonchev–Trinajstić information content (AvgIpc) is 2.72. The Balaban J connectivity index is 1.66. The highest BCUT2D eigenvalue weighted by Crippen LogP contribution is 2.17. The molecule has 2 amide bonds. The van der Waals surface area contributed by atoms with E-state index in [0.717, 1.165) is 18.7 Å². The molecule has 0 spiro atoms. The second kappa shape index (κ2) is 8.64. The third-order valence-corrected chi connectivity index (χ3v) is 4.66. The maximum atomic E-state index is 12.7. The van der Waals surface area contributed by atoms with Crippen molar-refractivity contribution in [2.24, 2.45) is 0 Å². The molecule has 0 saturated carbocycles. The molecule has 1 aromatic heterocycles. The Morgan fingerprint density at radius 3 is 2.63 bits per heavy atom. The molecule has 0 atom stereocenters. The molecule has 0 radical (unpaired) electrons. The Labute approximate surface area is 158 Å². The monoisotopic (exact) mass is 368 g/mol. The van der Waals surface area contributed by atoms with Crippen molar-refractivity contribution in [2.45, 2.75) is 6.54 Å². The van der Waals surface area contributed by atoms with Crippen molar-refractivity contribution in [1.29, 1.82) is 0 Å². The second-order valence-corrected chi connectivity index (χ2v) is 6.52. The molecule has 1 saturated heterocycles. The predicted octanol–water partition coefficient (Wildman–Crippen LogP) is 1.41. The Morgan fingerprint density at radius 1 is 1.15 bits per heavy atom. The van der Waals surface area contributed by atoms with E-state index in [2.05, 4.69) is 15.2 Å². The lowest BCUT2D eigenvalue weighted by atomic mass is 10.1. The Kier molecular flexibility index (Phi) is 6.03. The minimum absolute atomic E-state index is 0.0655. The zero-order valence-corrected chi connectivity index (χ0v) is 15.6. The number of nitrogens with zero attached hydrogens (tertiary/aromatic N) is 3. The number of nitrogens with one attached hydrogen (secondary N) is 1. The van der Waals surface area contributed by atoms with Gasteiger partial charge in [0.05, 0.1) is 7.11 Å². The van der Waals surface area contributed by atoms with Crippen LogP contribution in [-0.4, -0.2) is 66.9 Å². The van der Waals surface area contributed by atoms with Crippen molar-refractivity contribution in [3.8, 4) is 5.75 Å². The molecule has 0 bridgehead atoms. The van der Waals surface area contributed by atoms with Gasteiger partial charge in [-0.25, -0.2) is 0 Å². The standard InChI is InChI=1S/C20H24N4O3/c1-23-9-11-24(12-10-23)20(26)15-7-8-21-17(13-15)19(25)22-14-16-5-3-4-6-18(16)27-2/h3-8,13H,9-12,14H2,1-2H3,(H,22,25). The summed E-state index contributed by atoms with van der Waals surface area (Å²) >= 11 is 0. The van der Waals surface area contributed by atoms with Gasteiger partial charge in [-0.3, -0.25) is 14.6 Å². The summed E-state index contributed by atoms with van der Waals surface area (Å²) in [7, 11) is 3.63. The topological polar surface area (TPSA) is 74.8 Å². The lowest BCUT2D eigenvalue weighted by Crippen LogP contribution is -2.47. The van der Waals surface area contributed by atoms with E-state index < -0.39 is 0 Å². The average molecular weight is 368 g/mol. The van der Waals surface area contributed by atoms with Gasteiger partial charge in [0, 0.05) is 50.0 Å². The maximum Gasteiger partial charge on any atom is 0.270 e. The first kappa shape index (κ1) is 18.8. The van der Waals surface area contributed by atoms with Gasteiger partial charge < -0.3 is 19.9 Å². The number of likely N-dealkylation sites (N-methyl/N-ethyl adjacent to an activating group) is 1. The molecule has 1 aliphatic rings. The molecular formula is C20H24N4O3. The van der Waals surface area contributed by atoms with Crippen molar-refractivity contribution in [2.75, 3.05) is 40.3 Å². The van der Waals surface area contributed by atoms with E-state index in [9.17, 15) is 9.59 Å². The Bertz CT molecular complexity index is 816. The first-order valence-electron chi connectivity index (χ1n) is 8.92. The highest BCUT2D eigenvalue weighted by Gasteiger charge is 2.21. The summed E-state index contributed by atoms with van der Waals surface area (Å²) in [5.74, 6) is 0.322. The number of pyridine rings is 1. The Hall–Kier alpha value is -2.93. The van der Waals surface area contributed by atoms with Crippen molar-refractivity contribution in [3.05, 3.63) is 59.4 Å². The molecule has 142 valence electrons. The van der Waals surface area contributed by atoms with E-state index in [4.69, 9.17) is 4.74 Å². The van der Waals surface area contributed by atoms with E-state index in [0.29, 0.717) is 30.9 Å². The van der Waals surface area contributed by atoms with Crippen molar-refractivity contribution in [1.82, 2.24) is 20.1 Å². The number of aromatic nitrogens is 1. The van der Waals surface area contributed by atoms with Gasteiger partial charge in [0.1, 0.15) is 11.4 Å². The number of carbonyl (C=O) groups excluding carboxylic acids is 2. The van der Waals surface area contributed by atoms with Gasteiger partial charge in [-0.05, 0) is 25.2 Å². The van der Waals surface area contributed by atoms with Gasteiger partial charge >= 0.3 is 0 Å². The van der Waals surface area contributed by atoms with Gasteiger partial charge in [0.2, 0.25) is 0 Å². The van der Waals surface area contributed by atoms with Crippen LogP contribution in [0.3, 0.4) is 0 Å². The minimum Gasteiger partial charge on any atom is -0.496 e. The molecular weight excluding hydrogens is 344 g/mol. The van der Waals surface area contributed by atoms with Crippen LogP contribution < -0.4 is 10.1 Å². The van der Waals surface area contributed by atoms with Gasteiger partial charge in [-0.1, -0.05) is 18.2 Å². The SMILES string of the molecule is COc1ccccc1CNC(=O)c1cc(C(=O)N2CCN(C)CC2)ccn1. The highest BCUT2D eigenvalue weighted by atomic mass is 16.5. The number of hydrogen-bond donors (Lipinski definition) is 1. The third-order valence-electron chi connectivity index (χ3n) is 4.66. The summed E-state index contributed by atoms with van der Waals surface area (Å²) in [5.41, 5.74) is 1.58. The van der Waals surface area contributed by atoms with E-state index in [1.807, 2.05) is 36.2 Å². The summed E-state index contributed by atoms with van der Waals surface area (Å²) in [4.78, 5) is 33.3. The lowest BCUT2D eigenvalue weighted by Gasteiger charge is -2.32. The number of ether oxygens (including phenoxy) is 1. The van der Waals surface area contributed by atoms with Gasteiger partial charge in [-0.2, -0.15) is 0 Å². The number of hydrogen-bond acceptors (Lipinski definition) is 5. The number of carbonyl (C=O) groups is 2. The molecule has 27 heavy (non-hydrogen) atoms. The molecule has 1 aliphatic heterocycles. The summed E-state index contributed by atoms with van der Waals surface area (Å²) in [6.07, 6.45) is 1.50. The molecule has 7 nitrogen and oxygen atoms in total.